The van der Waals surface area contributed by atoms with Gasteiger partial charge in [0.15, 0.2) is 5.82 Å². The van der Waals surface area contributed by atoms with Crippen molar-refractivity contribution in [1.82, 2.24) is 14.9 Å². The number of nitrogens with zero attached hydrogens (tertiary/aromatic N) is 3. The van der Waals surface area contributed by atoms with E-state index in [-0.39, 0.29) is 11.7 Å². The van der Waals surface area contributed by atoms with Gasteiger partial charge in [-0.25, -0.2) is 9.47 Å². The first-order valence-electron chi connectivity index (χ1n) is 8.36. The molecule has 2 aromatic carbocycles. The minimum absolute atomic E-state index is 0.0784. The van der Waals surface area contributed by atoms with Crippen LogP contribution in [-0.4, -0.2) is 32.1 Å². The SMILES string of the molecule is CC(C)Oc1cccc(-c2nnc(SCc3ccc(C(=O)O)cc3)n2N)c1. The quantitative estimate of drug-likeness (QED) is 0.475. The zero-order chi connectivity index (χ0) is 19.4. The predicted octanol–water partition coefficient (Wildman–Crippen LogP) is 3.44. The molecule has 0 unspecified atom stereocenters. The van der Waals surface area contributed by atoms with Crippen LogP contribution in [0.15, 0.2) is 53.7 Å². The largest absolute Gasteiger partial charge is 0.491 e. The third-order valence-corrected chi connectivity index (χ3v) is 4.71. The van der Waals surface area contributed by atoms with Gasteiger partial charge in [0.25, 0.3) is 0 Å². The Morgan fingerprint density at radius 3 is 2.63 bits per heavy atom. The van der Waals surface area contributed by atoms with Gasteiger partial charge in [0.05, 0.1) is 11.7 Å². The van der Waals surface area contributed by atoms with Gasteiger partial charge in [0.2, 0.25) is 5.16 Å². The van der Waals surface area contributed by atoms with E-state index in [1.54, 1.807) is 24.3 Å². The van der Waals surface area contributed by atoms with Crippen molar-refractivity contribution in [3.8, 4) is 17.1 Å². The van der Waals surface area contributed by atoms with E-state index in [9.17, 15) is 4.79 Å². The Balaban J connectivity index is 1.72. The summed E-state index contributed by atoms with van der Waals surface area (Å²) in [6, 6.07) is 14.3. The molecule has 3 aromatic rings. The van der Waals surface area contributed by atoms with Gasteiger partial charge in [0, 0.05) is 11.3 Å². The average molecular weight is 384 g/mol. The number of nitrogen functional groups attached to an aromatic ring is 1. The van der Waals surface area contributed by atoms with Crippen LogP contribution >= 0.6 is 11.8 Å². The van der Waals surface area contributed by atoms with Crippen LogP contribution < -0.4 is 10.6 Å². The summed E-state index contributed by atoms with van der Waals surface area (Å²) < 4.78 is 7.16. The molecule has 1 heterocycles. The lowest BCUT2D eigenvalue weighted by Gasteiger charge is -2.10. The zero-order valence-electron chi connectivity index (χ0n) is 15.0. The molecule has 0 aliphatic carbocycles. The molecular weight excluding hydrogens is 364 g/mol. The third-order valence-electron chi connectivity index (χ3n) is 3.70. The summed E-state index contributed by atoms with van der Waals surface area (Å²) in [6.07, 6.45) is 0.0784. The number of aromatic carboxylic acids is 1. The predicted molar refractivity (Wildman–Crippen MR) is 104 cm³/mol. The Morgan fingerprint density at radius 1 is 1.22 bits per heavy atom. The van der Waals surface area contributed by atoms with Crippen LogP contribution in [0.2, 0.25) is 0 Å². The lowest BCUT2D eigenvalue weighted by atomic mass is 10.1. The number of rotatable bonds is 7. The van der Waals surface area contributed by atoms with E-state index >= 15 is 0 Å². The second kappa shape index (κ2) is 8.13. The van der Waals surface area contributed by atoms with E-state index < -0.39 is 5.97 Å². The minimum Gasteiger partial charge on any atom is -0.491 e. The molecule has 140 valence electrons. The first kappa shape index (κ1) is 18.8. The van der Waals surface area contributed by atoms with Crippen LogP contribution in [0.1, 0.15) is 29.8 Å². The summed E-state index contributed by atoms with van der Waals surface area (Å²) in [4.78, 5) is 10.9. The fourth-order valence-corrected chi connectivity index (χ4v) is 3.26. The molecule has 0 aliphatic heterocycles. The Bertz CT molecular complexity index is 938. The molecule has 0 radical (unpaired) electrons. The van der Waals surface area contributed by atoms with Gasteiger partial charge in [-0.05, 0) is 43.7 Å². The molecule has 27 heavy (non-hydrogen) atoms. The third kappa shape index (κ3) is 4.59. The van der Waals surface area contributed by atoms with Crippen LogP contribution in [-0.2, 0) is 5.75 Å². The van der Waals surface area contributed by atoms with Crippen molar-refractivity contribution in [2.75, 3.05) is 5.84 Å². The average Bonchev–Trinajstić information content (AvgIpc) is 3.00. The number of carboxylic acid groups (broad SMARTS) is 1. The molecule has 3 N–H and O–H groups in total. The topological polar surface area (TPSA) is 103 Å². The highest BCUT2D eigenvalue weighted by molar-refractivity contribution is 7.98. The highest BCUT2D eigenvalue weighted by Gasteiger charge is 2.13. The number of aromatic nitrogens is 3. The number of benzene rings is 2. The first-order chi connectivity index (χ1) is 12.9. The first-order valence-corrected chi connectivity index (χ1v) is 9.35. The molecule has 0 atom stereocenters. The van der Waals surface area contributed by atoms with Crippen molar-refractivity contribution < 1.29 is 14.6 Å². The highest BCUT2D eigenvalue weighted by atomic mass is 32.2. The molecule has 7 nitrogen and oxygen atoms in total. The zero-order valence-corrected chi connectivity index (χ0v) is 15.8. The van der Waals surface area contributed by atoms with Crippen LogP contribution in [0.25, 0.3) is 11.4 Å². The van der Waals surface area contributed by atoms with Crippen molar-refractivity contribution in [1.29, 1.82) is 0 Å². The lowest BCUT2D eigenvalue weighted by Crippen LogP contribution is -2.11. The second-order valence-corrected chi connectivity index (χ2v) is 7.10. The minimum atomic E-state index is -0.941. The van der Waals surface area contributed by atoms with E-state index in [0.717, 1.165) is 16.9 Å². The van der Waals surface area contributed by atoms with E-state index in [2.05, 4.69) is 10.2 Å². The summed E-state index contributed by atoms with van der Waals surface area (Å²) >= 11 is 1.43. The fraction of sp³-hybridized carbons (Fsp3) is 0.211. The van der Waals surface area contributed by atoms with Gasteiger partial charge in [-0.3, -0.25) is 0 Å². The molecule has 0 fully saturated rings. The molecule has 8 heteroatoms. The standard InChI is InChI=1S/C19H20N4O3S/c1-12(2)26-16-5-3-4-15(10-16)17-21-22-19(23(17)20)27-11-13-6-8-14(9-7-13)18(24)25/h3-10,12H,11,20H2,1-2H3,(H,24,25). The summed E-state index contributed by atoms with van der Waals surface area (Å²) in [7, 11) is 0. The van der Waals surface area contributed by atoms with E-state index in [1.165, 1.54) is 16.4 Å². The number of ether oxygens (including phenoxy) is 1. The summed E-state index contributed by atoms with van der Waals surface area (Å²) in [5.74, 6) is 7.13. The monoisotopic (exact) mass is 384 g/mol. The van der Waals surface area contributed by atoms with Gasteiger partial charge >= 0.3 is 5.97 Å². The molecule has 0 bridgehead atoms. The maximum atomic E-state index is 10.9. The normalized spacial score (nSPS) is 10.9. The van der Waals surface area contributed by atoms with Gasteiger partial charge in [-0.2, -0.15) is 0 Å². The van der Waals surface area contributed by atoms with Crippen molar-refractivity contribution >= 4 is 17.7 Å². The number of hydrogen-bond donors (Lipinski definition) is 2. The van der Waals surface area contributed by atoms with Crippen LogP contribution in [0, 0.1) is 0 Å². The molecule has 0 aliphatic rings. The van der Waals surface area contributed by atoms with Crippen molar-refractivity contribution in [3.05, 3.63) is 59.7 Å². The van der Waals surface area contributed by atoms with Gasteiger partial charge in [-0.15, -0.1) is 10.2 Å². The van der Waals surface area contributed by atoms with Crippen LogP contribution in [0.3, 0.4) is 0 Å². The number of carboxylic acids is 1. The molecule has 3 rings (SSSR count). The fourth-order valence-electron chi connectivity index (χ4n) is 2.44. The van der Waals surface area contributed by atoms with E-state index in [4.69, 9.17) is 15.7 Å². The summed E-state index contributed by atoms with van der Waals surface area (Å²) in [5, 5.41) is 17.9. The lowest BCUT2D eigenvalue weighted by molar-refractivity contribution is 0.0697. The number of nitrogens with two attached hydrogens (primary N) is 1. The molecule has 0 saturated heterocycles. The van der Waals surface area contributed by atoms with Crippen LogP contribution in [0.4, 0.5) is 0 Å². The number of hydrogen-bond acceptors (Lipinski definition) is 6. The Kier molecular flexibility index (Phi) is 5.66. The Hall–Kier alpha value is -3.00. The van der Waals surface area contributed by atoms with E-state index in [0.29, 0.717) is 16.7 Å². The van der Waals surface area contributed by atoms with Crippen molar-refractivity contribution in [2.45, 2.75) is 30.9 Å². The van der Waals surface area contributed by atoms with Gasteiger partial charge < -0.3 is 15.7 Å². The summed E-state index contributed by atoms with van der Waals surface area (Å²) in [5.41, 5.74) is 2.05. The second-order valence-electron chi connectivity index (χ2n) is 6.16. The molecule has 1 aromatic heterocycles. The van der Waals surface area contributed by atoms with Crippen LogP contribution in [0.5, 0.6) is 5.75 Å². The Labute approximate surface area is 161 Å². The van der Waals surface area contributed by atoms with E-state index in [1.807, 2.05) is 38.1 Å². The van der Waals surface area contributed by atoms with Crippen molar-refractivity contribution in [2.24, 2.45) is 0 Å². The van der Waals surface area contributed by atoms with Gasteiger partial charge in [-0.1, -0.05) is 36.0 Å². The molecule has 0 saturated carbocycles. The molecular formula is C19H20N4O3S. The molecule has 0 spiro atoms. The van der Waals surface area contributed by atoms with Gasteiger partial charge in [0.1, 0.15) is 5.75 Å². The maximum Gasteiger partial charge on any atom is 0.335 e. The maximum absolute atomic E-state index is 10.9. The van der Waals surface area contributed by atoms with Crippen molar-refractivity contribution in [3.63, 3.8) is 0 Å². The molecule has 0 amide bonds. The Morgan fingerprint density at radius 2 is 1.96 bits per heavy atom. The highest BCUT2D eigenvalue weighted by Crippen LogP contribution is 2.26. The summed E-state index contributed by atoms with van der Waals surface area (Å²) in [6.45, 7) is 3.94. The smallest absolute Gasteiger partial charge is 0.335 e. The number of thioether (sulfide) groups is 1. The number of carbonyl (C=O) groups is 1.